The van der Waals surface area contributed by atoms with E-state index in [0.717, 1.165) is 24.2 Å². The van der Waals surface area contributed by atoms with E-state index >= 15 is 0 Å². The van der Waals surface area contributed by atoms with Crippen molar-refractivity contribution in [3.05, 3.63) is 29.8 Å². The van der Waals surface area contributed by atoms with Crippen molar-refractivity contribution in [2.45, 2.75) is 52.2 Å². The van der Waals surface area contributed by atoms with Gasteiger partial charge in [0.2, 0.25) is 0 Å². The molecule has 1 rings (SSSR count). The number of aliphatic hydroxyl groups is 1. The van der Waals surface area contributed by atoms with E-state index in [1.54, 1.807) is 20.8 Å². The molecule has 1 amide bonds. The van der Waals surface area contributed by atoms with Gasteiger partial charge in [0.15, 0.2) is 0 Å². The van der Waals surface area contributed by atoms with Crippen molar-refractivity contribution in [1.82, 2.24) is 5.32 Å². The van der Waals surface area contributed by atoms with Crippen molar-refractivity contribution in [2.75, 3.05) is 13.2 Å². The molecule has 0 saturated heterocycles. The highest BCUT2D eigenvalue weighted by molar-refractivity contribution is 5.68. The molecule has 1 aromatic carbocycles. The Balaban J connectivity index is 2.69. The number of hydrogen-bond acceptors (Lipinski definition) is 4. The van der Waals surface area contributed by atoms with E-state index in [2.05, 4.69) is 12.2 Å². The van der Waals surface area contributed by atoms with Crippen molar-refractivity contribution < 1.29 is 19.4 Å². The molecule has 0 spiro atoms. The Morgan fingerprint density at radius 1 is 1.36 bits per heavy atom. The average molecular weight is 309 g/mol. The van der Waals surface area contributed by atoms with Crippen LogP contribution in [0.1, 0.15) is 52.1 Å². The molecule has 1 aromatic rings. The Morgan fingerprint density at radius 2 is 2.09 bits per heavy atom. The smallest absolute Gasteiger partial charge is 0.408 e. The second-order valence-electron chi connectivity index (χ2n) is 6.16. The van der Waals surface area contributed by atoms with Crippen LogP contribution in [0.3, 0.4) is 0 Å². The minimum Gasteiger partial charge on any atom is -0.494 e. The summed E-state index contributed by atoms with van der Waals surface area (Å²) in [6.07, 6.45) is 1.51. The SMILES string of the molecule is CCCCOc1cccc(C(CO)NC(=O)OC(C)(C)C)c1. The first-order valence-corrected chi connectivity index (χ1v) is 7.69. The molecule has 0 bridgehead atoms. The first kappa shape index (κ1) is 18.3. The van der Waals surface area contributed by atoms with Gasteiger partial charge in [0.1, 0.15) is 11.4 Å². The minimum absolute atomic E-state index is 0.211. The first-order valence-electron chi connectivity index (χ1n) is 7.69. The summed E-state index contributed by atoms with van der Waals surface area (Å²) in [7, 11) is 0. The van der Waals surface area contributed by atoms with Crippen LogP contribution in [0.4, 0.5) is 4.79 Å². The fourth-order valence-corrected chi connectivity index (χ4v) is 1.84. The van der Waals surface area contributed by atoms with Crippen LogP contribution in [-0.4, -0.2) is 30.0 Å². The number of nitrogens with one attached hydrogen (secondary N) is 1. The van der Waals surface area contributed by atoms with Crippen LogP contribution in [0.5, 0.6) is 5.75 Å². The maximum atomic E-state index is 11.8. The lowest BCUT2D eigenvalue weighted by Gasteiger charge is -2.23. The lowest BCUT2D eigenvalue weighted by molar-refractivity contribution is 0.0481. The molecule has 5 heteroatoms. The van der Waals surface area contributed by atoms with Crippen LogP contribution in [0.2, 0.25) is 0 Å². The molecule has 5 nitrogen and oxygen atoms in total. The summed E-state index contributed by atoms with van der Waals surface area (Å²) in [4.78, 5) is 11.8. The predicted molar refractivity (Wildman–Crippen MR) is 86.0 cm³/mol. The fraction of sp³-hybridized carbons (Fsp3) is 0.588. The number of ether oxygens (including phenoxy) is 2. The van der Waals surface area contributed by atoms with Gasteiger partial charge in [0, 0.05) is 0 Å². The Kier molecular flexibility index (Phi) is 7.18. The second kappa shape index (κ2) is 8.63. The summed E-state index contributed by atoms with van der Waals surface area (Å²) < 4.78 is 10.9. The van der Waals surface area contributed by atoms with Crippen molar-refractivity contribution >= 4 is 6.09 Å². The van der Waals surface area contributed by atoms with Gasteiger partial charge in [0.05, 0.1) is 19.3 Å². The van der Waals surface area contributed by atoms with E-state index in [9.17, 15) is 9.90 Å². The van der Waals surface area contributed by atoms with Crippen LogP contribution in [-0.2, 0) is 4.74 Å². The zero-order chi connectivity index (χ0) is 16.6. The van der Waals surface area contributed by atoms with Gasteiger partial charge in [0.25, 0.3) is 0 Å². The molecule has 22 heavy (non-hydrogen) atoms. The number of aliphatic hydroxyl groups excluding tert-OH is 1. The minimum atomic E-state index is -0.574. The number of carbonyl (C=O) groups is 1. The Hall–Kier alpha value is -1.75. The van der Waals surface area contributed by atoms with Gasteiger partial charge in [-0.1, -0.05) is 25.5 Å². The maximum Gasteiger partial charge on any atom is 0.408 e. The zero-order valence-corrected chi connectivity index (χ0v) is 13.9. The van der Waals surface area contributed by atoms with Gasteiger partial charge < -0.3 is 19.9 Å². The lowest BCUT2D eigenvalue weighted by atomic mass is 10.1. The molecule has 2 N–H and O–H groups in total. The van der Waals surface area contributed by atoms with Crippen LogP contribution in [0, 0.1) is 0 Å². The quantitative estimate of drug-likeness (QED) is 0.757. The summed E-state index contributed by atoms with van der Waals surface area (Å²) in [6, 6.07) is 6.85. The molecule has 0 radical (unpaired) electrons. The zero-order valence-electron chi connectivity index (χ0n) is 13.9. The van der Waals surface area contributed by atoms with Gasteiger partial charge in [-0.05, 0) is 44.9 Å². The summed E-state index contributed by atoms with van der Waals surface area (Å²) in [5, 5.41) is 12.2. The molecule has 1 atom stereocenters. The van der Waals surface area contributed by atoms with E-state index in [1.165, 1.54) is 0 Å². The molecule has 0 aliphatic rings. The van der Waals surface area contributed by atoms with E-state index in [-0.39, 0.29) is 6.61 Å². The maximum absolute atomic E-state index is 11.8. The number of unbranched alkanes of at least 4 members (excludes halogenated alkanes) is 1. The number of carbonyl (C=O) groups excluding carboxylic acids is 1. The molecule has 124 valence electrons. The number of amides is 1. The highest BCUT2D eigenvalue weighted by atomic mass is 16.6. The van der Waals surface area contributed by atoms with Crippen molar-refractivity contribution in [3.63, 3.8) is 0 Å². The third kappa shape index (κ3) is 6.80. The number of alkyl carbamates (subject to hydrolysis) is 1. The average Bonchev–Trinajstić information content (AvgIpc) is 2.43. The van der Waals surface area contributed by atoms with Crippen LogP contribution < -0.4 is 10.1 Å². The molecular weight excluding hydrogens is 282 g/mol. The van der Waals surface area contributed by atoms with Gasteiger partial charge in [-0.2, -0.15) is 0 Å². The Labute approximate surface area is 132 Å². The van der Waals surface area contributed by atoms with Crippen molar-refractivity contribution in [1.29, 1.82) is 0 Å². The molecule has 0 fully saturated rings. The predicted octanol–water partition coefficient (Wildman–Crippen LogP) is 3.42. The lowest BCUT2D eigenvalue weighted by Crippen LogP contribution is -2.36. The summed E-state index contributed by atoms with van der Waals surface area (Å²) in [5.74, 6) is 0.732. The van der Waals surface area contributed by atoms with Crippen molar-refractivity contribution in [3.8, 4) is 5.75 Å². The number of hydrogen-bond donors (Lipinski definition) is 2. The van der Waals surface area contributed by atoms with Gasteiger partial charge in [-0.25, -0.2) is 4.79 Å². The second-order valence-corrected chi connectivity index (χ2v) is 6.16. The molecule has 0 saturated carbocycles. The van der Waals surface area contributed by atoms with Crippen LogP contribution in [0.15, 0.2) is 24.3 Å². The number of rotatable bonds is 7. The molecular formula is C17H27NO4. The van der Waals surface area contributed by atoms with Crippen molar-refractivity contribution in [2.24, 2.45) is 0 Å². The van der Waals surface area contributed by atoms with Gasteiger partial charge in [-0.3, -0.25) is 0 Å². The Morgan fingerprint density at radius 3 is 2.68 bits per heavy atom. The molecule has 1 unspecified atom stereocenters. The molecule has 0 aromatic heterocycles. The van der Waals surface area contributed by atoms with E-state index < -0.39 is 17.7 Å². The summed E-state index contributed by atoms with van der Waals surface area (Å²) in [5.41, 5.74) is 0.206. The van der Waals surface area contributed by atoms with E-state index in [0.29, 0.717) is 6.61 Å². The third-order valence-corrected chi connectivity index (χ3v) is 2.90. The molecule has 0 aliphatic carbocycles. The Bertz CT molecular complexity index is 468. The third-order valence-electron chi connectivity index (χ3n) is 2.90. The highest BCUT2D eigenvalue weighted by Crippen LogP contribution is 2.20. The van der Waals surface area contributed by atoms with E-state index in [1.807, 2.05) is 24.3 Å². The first-order chi connectivity index (χ1) is 10.4. The topological polar surface area (TPSA) is 67.8 Å². The normalized spacial score (nSPS) is 12.6. The van der Waals surface area contributed by atoms with E-state index in [4.69, 9.17) is 9.47 Å². The highest BCUT2D eigenvalue weighted by Gasteiger charge is 2.20. The summed E-state index contributed by atoms with van der Waals surface area (Å²) >= 11 is 0. The van der Waals surface area contributed by atoms with Gasteiger partial charge in [-0.15, -0.1) is 0 Å². The molecule has 0 aliphatic heterocycles. The molecule has 0 heterocycles. The summed E-state index contributed by atoms with van der Waals surface area (Å²) in [6.45, 7) is 7.93. The monoisotopic (exact) mass is 309 g/mol. The standard InChI is InChI=1S/C17H27NO4/c1-5-6-10-21-14-9-7-8-13(11-14)15(12-19)18-16(20)22-17(2,3)4/h7-9,11,15,19H,5-6,10,12H2,1-4H3,(H,18,20). The van der Waals surface area contributed by atoms with Gasteiger partial charge >= 0.3 is 6.09 Å². The van der Waals surface area contributed by atoms with Crippen LogP contribution in [0.25, 0.3) is 0 Å². The number of benzene rings is 1. The fourth-order valence-electron chi connectivity index (χ4n) is 1.84. The largest absolute Gasteiger partial charge is 0.494 e. The van der Waals surface area contributed by atoms with Crippen LogP contribution >= 0.6 is 0 Å².